The quantitative estimate of drug-likeness (QED) is 0.507. The van der Waals surface area contributed by atoms with Crippen molar-refractivity contribution in [2.45, 2.75) is 13.0 Å². The van der Waals surface area contributed by atoms with Gasteiger partial charge in [0.15, 0.2) is 0 Å². The molecule has 1 amide bonds. The maximum absolute atomic E-state index is 12.2. The van der Waals surface area contributed by atoms with Crippen molar-refractivity contribution in [2.75, 3.05) is 24.8 Å². The lowest BCUT2D eigenvalue weighted by Gasteiger charge is -2.24. The highest BCUT2D eigenvalue weighted by Gasteiger charge is 2.20. The van der Waals surface area contributed by atoms with Crippen molar-refractivity contribution in [3.05, 3.63) is 33.9 Å². The molecule has 0 spiro atoms. The number of nitro benzene ring substituents is 1. The molecule has 1 aromatic rings. The molecule has 0 saturated heterocycles. The minimum atomic E-state index is -0.586. The zero-order valence-electron chi connectivity index (χ0n) is 11.1. The summed E-state index contributed by atoms with van der Waals surface area (Å²) in [6, 6.07) is 4.17. The number of thioether (sulfide) groups is 1. The van der Waals surface area contributed by atoms with Crippen molar-refractivity contribution >= 4 is 29.0 Å². The molecule has 1 rings (SSSR count). The second-order valence-electron chi connectivity index (χ2n) is 4.25. The molecule has 6 nitrogen and oxygen atoms in total. The minimum absolute atomic E-state index is 0.0547. The molecule has 7 heteroatoms. The first-order chi connectivity index (χ1) is 8.88. The van der Waals surface area contributed by atoms with E-state index in [9.17, 15) is 14.9 Å². The van der Waals surface area contributed by atoms with Crippen molar-refractivity contribution in [3.8, 4) is 0 Å². The Morgan fingerprint density at radius 1 is 1.58 bits per heavy atom. The molecule has 1 atom stereocenters. The van der Waals surface area contributed by atoms with Crippen LogP contribution in [-0.4, -0.2) is 40.8 Å². The molecule has 19 heavy (non-hydrogen) atoms. The first kappa shape index (κ1) is 15.3. The first-order valence-electron chi connectivity index (χ1n) is 5.68. The molecular formula is C12H17N3O3S. The summed E-state index contributed by atoms with van der Waals surface area (Å²) in [4.78, 5) is 24.0. The van der Waals surface area contributed by atoms with Crippen LogP contribution in [0.3, 0.4) is 0 Å². The molecule has 1 aromatic carbocycles. The summed E-state index contributed by atoms with van der Waals surface area (Å²) in [5.41, 5.74) is 5.60. The fraction of sp³-hybridized carbons (Fsp3) is 0.417. The minimum Gasteiger partial charge on any atom is -0.393 e. The number of nitrogen functional groups attached to an aromatic ring is 1. The smallest absolute Gasteiger partial charge is 0.292 e. The van der Waals surface area contributed by atoms with Gasteiger partial charge in [0.1, 0.15) is 5.69 Å². The van der Waals surface area contributed by atoms with E-state index in [2.05, 4.69) is 0 Å². The maximum atomic E-state index is 12.2. The Hall–Kier alpha value is -1.76. The van der Waals surface area contributed by atoms with Crippen LogP contribution >= 0.6 is 11.8 Å². The zero-order valence-corrected chi connectivity index (χ0v) is 11.9. The van der Waals surface area contributed by atoms with Gasteiger partial charge in [0, 0.05) is 30.5 Å². The Kier molecular flexibility index (Phi) is 5.17. The standard InChI is InChI=1S/C12H17N3O3S/c1-8(7-19-3)14(2)12(16)9-4-5-10(13)11(6-9)15(17)18/h4-6,8H,7,13H2,1-3H3. The number of benzene rings is 1. The van der Waals surface area contributed by atoms with E-state index in [1.165, 1.54) is 18.2 Å². The Labute approximate surface area is 116 Å². The third-order valence-electron chi connectivity index (χ3n) is 2.86. The predicted octanol–water partition coefficient (Wildman–Crippen LogP) is 2.00. The monoisotopic (exact) mass is 283 g/mol. The van der Waals surface area contributed by atoms with Crippen molar-refractivity contribution in [3.63, 3.8) is 0 Å². The van der Waals surface area contributed by atoms with Crippen molar-refractivity contribution in [2.24, 2.45) is 0 Å². The van der Waals surface area contributed by atoms with Crippen LogP contribution in [0.15, 0.2) is 18.2 Å². The SMILES string of the molecule is CSCC(C)N(C)C(=O)c1ccc(N)c([N+](=O)[O-])c1. The molecule has 0 aliphatic heterocycles. The number of hydrogen-bond acceptors (Lipinski definition) is 5. The van der Waals surface area contributed by atoms with Gasteiger partial charge < -0.3 is 10.6 Å². The molecule has 2 N–H and O–H groups in total. The van der Waals surface area contributed by atoms with Crippen LogP contribution in [0, 0.1) is 10.1 Å². The number of nitrogens with zero attached hydrogens (tertiary/aromatic N) is 2. The zero-order chi connectivity index (χ0) is 14.6. The van der Waals surface area contributed by atoms with Crippen LogP contribution in [0.1, 0.15) is 17.3 Å². The molecular weight excluding hydrogens is 266 g/mol. The van der Waals surface area contributed by atoms with Crippen LogP contribution in [0.2, 0.25) is 0 Å². The van der Waals surface area contributed by atoms with E-state index in [-0.39, 0.29) is 28.9 Å². The topological polar surface area (TPSA) is 89.5 Å². The average Bonchev–Trinajstić information content (AvgIpc) is 2.37. The summed E-state index contributed by atoms with van der Waals surface area (Å²) in [5, 5.41) is 10.8. The number of hydrogen-bond donors (Lipinski definition) is 1. The fourth-order valence-electron chi connectivity index (χ4n) is 1.59. The molecule has 0 aromatic heterocycles. The number of carbonyl (C=O) groups is 1. The van der Waals surface area contributed by atoms with Gasteiger partial charge in [-0.3, -0.25) is 14.9 Å². The van der Waals surface area contributed by atoms with Gasteiger partial charge in [0.25, 0.3) is 11.6 Å². The lowest BCUT2D eigenvalue weighted by atomic mass is 10.1. The van der Waals surface area contributed by atoms with Crippen molar-refractivity contribution in [1.82, 2.24) is 4.90 Å². The number of nitro groups is 1. The van der Waals surface area contributed by atoms with E-state index in [0.717, 1.165) is 5.75 Å². The van der Waals surface area contributed by atoms with Gasteiger partial charge >= 0.3 is 0 Å². The number of carbonyl (C=O) groups excluding carboxylic acids is 1. The second-order valence-corrected chi connectivity index (χ2v) is 5.16. The highest BCUT2D eigenvalue weighted by molar-refractivity contribution is 7.98. The Morgan fingerprint density at radius 2 is 2.21 bits per heavy atom. The van der Waals surface area contributed by atoms with Gasteiger partial charge in [-0.05, 0) is 25.3 Å². The molecule has 0 bridgehead atoms. The summed E-state index contributed by atoms with van der Waals surface area (Å²) in [6.45, 7) is 1.93. The summed E-state index contributed by atoms with van der Waals surface area (Å²) >= 11 is 1.64. The summed E-state index contributed by atoms with van der Waals surface area (Å²) in [6.07, 6.45) is 1.96. The second kappa shape index (κ2) is 6.42. The van der Waals surface area contributed by atoms with E-state index in [1.807, 2.05) is 13.2 Å². The van der Waals surface area contributed by atoms with Crippen molar-refractivity contribution in [1.29, 1.82) is 0 Å². The Balaban J connectivity index is 3.00. The van der Waals surface area contributed by atoms with Gasteiger partial charge in [-0.15, -0.1) is 0 Å². The third kappa shape index (κ3) is 3.60. The van der Waals surface area contributed by atoms with Crippen LogP contribution in [0.25, 0.3) is 0 Å². The number of anilines is 1. The molecule has 0 fully saturated rings. The van der Waals surface area contributed by atoms with E-state index in [0.29, 0.717) is 0 Å². The lowest BCUT2D eigenvalue weighted by molar-refractivity contribution is -0.383. The van der Waals surface area contributed by atoms with Gasteiger partial charge in [-0.2, -0.15) is 11.8 Å². The molecule has 0 radical (unpaired) electrons. The largest absolute Gasteiger partial charge is 0.393 e. The van der Waals surface area contributed by atoms with Gasteiger partial charge in [0.05, 0.1) is 4.92 Å². The molecule has 1 unspecified atom stereocenters. The number of nitrogens with two attached hydrogens (primary N) is 1. The predicted molar refractivity (Wildman–Crippen MR) is 77.4 cm³/mol. The van der Waals surface area contributed by atoms with Crippen LogP contribution in [0.5, 0.6) is 0 Å². The van der Waals surface area contributed by atoms with Crippen molar-refractivity contribution < 1.29 is 9.72 Å². The van der Waals surface area contributed by atoms with E-state index in [4.69, 9.17) is 5.73 Å². The van der Waals surface area contributed by atoms with E-state index in [1.54, 1.807) is 23.7 Å². The first-order valence-corrected chi connectivity index (χ1v) is 7.07. The maximum Gasteiger partial charge on any atom is 0.292 e. The highest BCUT2D eigenvalue weighted by atomic mass is 32.2. The molecule has 0 saturated carbocycles. The van der Waals surface area contributed by atoms with E-state index >= 15 is 0 Å². The lowest BCUT2D eigenvalue weighted by Crippen LogP contribution is -2.36. The normalized spacial score (nSPS) is 11.9. The summed E-state index contributed by atoms with van der Waals surface area (Å²) in [7, 11) is 1.69. The molecule has 0 heterocycles. The van der Waals surface area contributed by atoms with Crippen LogP contribution in [-0.2, 0) is 0 Å². The summed E-state index contributed by atoms with van der Waals surface area (Å²) in [5.74, 6) is 0.559. The highest BCUT2D eigenvalue weighted by Crippen LogP contribution is 2.23. The van der Waals surface area contributed by atoms with Crippen LogP contribution < -0.4 is 5.73 Å². The number of amides is 1. The van der Waals surface area contributed by atoms with Gasteiger partial charge in [-0.25, -0.2) is 0 Å². The fourth-order valence-corrected chi connectivity index (χ4v) is 2.30. The Bertz CT molecular complexity index is 493. The van der Waals surface area contributed by atoms with Gasteiger partial charge in [-0.1, -0.05) is 0 Å². The molecule has 104 valence electrons. The third-order valence-corrected chi connectivity index (χ3v) is 3.68. The van der Waals surface area contributed by atoms with E-state index < -0.39 is 4.92 Å². The summed E-state index contributed by atoms with van der Waals surface area (Å²) < 4.78 is 0. The Morgan fingerprint density at radius 3 is 2.74 bits per heavy atom. The number of rotatable bonds is 5. The molecule has 0 aliphatic carbocycles. The van der Waals surface area contributed by atoms with Crippen LogP contribution in [0.4, 0.5) is 11.4 Å². The molecule has 0 aliphatic rings. The van der Waals surface area contributed by atoms with Gasteiger partial charge in [0.2, 0.25) is 0 Å². The average molecular weight is 283 g/mol.